The molecule has 90 valence electrons. The quantitative estimate of drug-likeness (QED) is 0.598. The predicted octanol–water partition coefficient (Wildman–Crippen LogP) is 2.16. The van der Waals surface area contributed by atoms with Crippen LogP contribution in [0.15, 0.2) is 0 Å². The molecule has 0 radical (unpaired) electrons. The highest BCUT2D eigenvalue weighted by atomic mass is 16.7. The molecule has 1 atom stereocenters. The van der Waals surface area contributed by atoms with Crippen LogP contribution in [0.3, 0.4) is 0 Å². The minimum atomic E-state index is -0.0288. The molecule has 1 aliphatic rings. The minimum Gasteiger partial charge on any atom is -0.353 e. The molecule has 3 heteroatoms. The number of nitrogens with one attached hydrogen (secondary N) is 1. The van der Waals surface area contributed by atoms with E-state index in [1.54, 1.807) is 0 Å². The SMILES string of the molecule is CCOC(CCNC(C)C1CC1)OCC. The first-order valence-electron chi connectivity index (χ1n) is 6.24. The number of hydrogen-bond acceptors (Lipinski definition) is 3. The molecule has 0 heterocycles. The summed E-state index contributed by atoms with van der Waals surface area (Å²) in [6.45, 7) is 8.72. The van der Waals surface area contributed by atoms with Gasteiger partial charge in [-0.3, -0.25) is 0 Å². The van der Waals surface area contributed by atoms with Crippen molar-refractivity contribution in [2.75, 3.05) is 19.8 Å². The first-order valence-corrected chi connectivity index (χ1v) is 6.24. The van der Waals surface area contributed by atoms with E-state index in [1.165, 1.54) is 12.8 Å². The van der Waals surface area contributed by atoms with Gasteiger partial charge in [-0.1, -0.05) is 0 Å². The largest absolute Gasteiger partial charge is 0.353 e. The smallest absolute Gasteiger partial charge is 0.158 e. The highest BCUT2D eigenvalue weighted by Gasteiger charge is 2.27. The van der Waals surface area contributed by atoms with Crippen molar-refractivity contribution in [3.63, 3.8) is 0 Å². The average Bonchev–Trinajstić information content (AvgIpc) is 3.01. The van der Waals surface area contributed by atoms with Crippen LogP contribution in [0.2, 0.25) is 0 Å². The summed E-state index contributed by atoms with van der Waals surface area (Å²) < 4.78 is 11.0. The maximum absolute atomic E-state index is 5.48. The van der Waals surface area contributed by atoms with Crippen LogP contribution in [0.25, 0.3) is 0 Å². The van der Waals surface area contributed by atoms with E-state index in [-0.39, 0.29) is 6.29 Å². The third kappa shape index (κ3) is 5.50. The molecule has 15 heavy (non-hydrogen) atoms. The molecular formula is C12H25NO2. The normalized spacial score (nSPS) is 18.4. The van der Waals surface area contributed by atoms with Crippen LogP contribution < -0.4 is 5.32 Å². The Labute approximate surface area is 93.5 Å². The zero-order valence-corrected chi connectivity index (χ0v) is 10.3. The Bertz CT molecular complexity index is 154. The topological polar surface area (TPSA) is 30.5 Å². The summed E-state index contributed by atoms with van der Waals surface area (Å²) in [6.07, 6.45) is 3.71. The van der Waals surface area contributed by atoms with Gasteiger partial charge in [-0.05, 0) is 39.5 Å². The Morgan fingerprint density at radius 2 is 1.80 bits per heavy atom. The van der Waals surface area contributed by atoms with E-state index in [9.17, 15) is 0 Å². The van der Waals surface area contributed by atoms with Gasteiger partial charge in [0, 0.05) is 32.2 Å². The van der Waals surface area contributed by atoms with E-state index in [4.69, 9.17) is 9.47 Å². The summed E-state index contributed by atoms with van der Waals surface area (Å²) in [5.74, 6) is 0.919. The summed E-state index contributed by atoms with van der Waals surface area (Å²) in [5.41, 5.74) is 0. The molecule has 1 N–H and O–H groups in total. The standard InChI is InChI=1S/C12H25NO2/c1-4-14-12(15-5-2)8-9-13-10(3)11-6-7-11/h10-13H,4-9H2,1-3H3. The van der Waals surface area contributed by atoms with Gasteiger partial charge in [0.1, 0.15) is 0 Å². The molecule has 0 bridgehead atoms. The summed E-state index contributed by atoms with van der Waals surface area (Å²) in [4.78, 5) is 0. The summed E-state index contributed by atoms with van der Waals surface area (Å²) >= 11 is 0. The van der Waals surface area contributed by atoms with Gasteiger partial charge in [0.05, 0.1) is 0 Å². The van der Waals surface area contributed by atoms with Crippen molar-refractivity contribution in [1.29, 1.82) is 0 Å². The van der Waals surface area contributed by atoms with Gasteiger partial charge in [0.2, 0.25) is 0 Å². The van der Waals surface area contributed by atoms with Crippen molar-refractivity contribution in [2.24, 2.45) is 5.92 Å². The van der Waals surface area contributed by atoms with Gasteiger partial charge in [0.15, 0.2) is 6.29 Å². The lowest BCUT2D eigenvalue weighted by atomic mass is 10.2. The Morgan fingerprint density at radius 1 is 1.20 bits per heavy atom. The lowest BCUT2D eigenvalue weighted by Gasteiger charge is -2.19. The fourth-order valence-electron chi connectivity index (χ4n) is 1.78. The number of hydrogen-bond donors (Lipinski definition) is 1. The molecule has 0 aromatic rings. The first kappa shape index (κ1) is 12.9. The minimum absolute atomic E-state index is 0.0288. The Morgan fingerprint density at radius 3 is 2.27 bits per heavy atom. The highest BCUT2D eigenvalue weighted by Crippen LogP contribution is 2.32. The zero-order chi connectivity index (χ0) is 11.1. The van der Waals surface area contributed by atoms with Crippen LogP contribution in [0.4, 0.5) is 0 Å². The van der Waals surface area contributed by atoms with Crippen LogP contribution >= 0.6 is 0 Å². The molecule has 0 aromatic carbocycles. The van der Waals surface area contributed by atoms with Crippen LogP contribution in [0, 0.1) is 5.92 Å². The van der Waals surface area contributed by atoms with Gasteiger partial charge in [-0.15, -0.1) is 0 Å². The fraction of sp³-hybridized carbons (Fsp3) is 1.00. The maximum atomic E-state index is 5.48. The monoisotopic (exact) mass is 215 g/mol. The summed E-state index contributed by atoms with van der Waals surface area (Å²) in [7, 11) is 0. The first-order chi connectivity index (χ1) is 7.27. The molecule has 3 nitrogen and oxygen atoms in total. The molecular weight excluding hydrogens is 190 g/mol. The second-order valence-electron chi connectivity index (χ2n) is 4.21. The third-order valence-electron chi connectivity index (χ3n) is 2.88. The van der Waals surface area contributed by atoms with Crippen molar-refractivity contribution in [3.05, 3.63) is 0 Å². The molecule has 0 amide bonds. The number of ether oxygens (including phenoxy) is 2. The Kier molecular flexibility index (Phi) is 6.22. The van der Waals surface area contributed by atoms with Crippen LogP contribution in [-0.4, -0.2) is 32.1 Å². The van der Waals surface area contributed by atoms with Crippen LogP contribution in [0.1, 0.15) is 40.0 Å². The molecule has 0 spiro atoms. The molecule has 1 saturated carbocycles. The van der Waals surface area contributed by atoms with Gasteiger partial charge >= 0.3 is 0 Å². The van der Waals surface area contributed by atoms with Gasteiger partial charge < -0.3 is 14.8 Å². The van der Waals surface area contributed by atoms with Crippen molar-refractivity contribution in [3.8, 4) is 0 Å². The van der Waals surface area contributed by atoms with Gasteiger partial charge in [0.25, 0.3) is 0 Å². The zero-order valence-electron chi connectivity index (χ0n) is 10.3. The second kappa shape index (κ2) is 7.20. The lowest BCUT2D eigenvalue weighted by Crippen LogP contribution is -2.32. The van der Waals surface area contributed by atoms with Crippen LogP contribution in [0.5, 0.6) is 0 Å². The van der Waals surface area contributed by atoms with Crippen molar-refractivity contribution >= 4 is 0 Å². The van der Waals surface area contributed by atoms with Gasteiger partial charge in [-0.25, -0.2) is 0 Å². The van der Waals surface area contributed by atoms with E-state index in [2.05, 4.69) is 12.2 Å². The molecule has 1 aliphatic carbocycles. The van der Waals surface area contributed by atoms with E-state index in [0.717, 1.165) is 32.1 Å². The maximum Gasteiger partial charge on any atom is 0.158 e. The second-order valence-corrected chi connectivity index (χ2v) is 4.21. The third-order valence-corrected chi connectivity index (χ3v) is 2.88. The fourth-order valence-corrected chi connectivity index (χ4v) is 1.78. The Hall–Kier alpha value is -0.120. The molecule has 0 aliphatic heterocycles. The lowest BCUT2D eigenvalue weighted by molar-refractivity contribution is -0.138. The summed E-state index contributed by atoms with van der Waals surface area (Å²) in [5, 5.41) is 3.53. The summed E-state index contributed by atoms with van der Waals surface area (Å²) in [6, 6.07) is 0.661. The molecule has 0 aromatic heterocycles. The molecule has 1 rings (SSSR count). The molecule has 0 saturated heterocycles. The van der Waals surface area contributed by atoms with Gasteiger partial charge in [-0.2, -0.15) is 0 Å². The van der Waals surface area contributed by atoms with Crippen molar-refractivity contribution < 1.29 is 9.47 Å². The molecule has 1 fully saturated rings. The van der Waals surface area contributed by atoms with E-state index >= 15 is 0 Å². The van der Waals surface area contributed by atoms with Crippen LogP contribution in [-0.2, 0) is 9.47 Å². The van der Waals surface area contributed by atoms with E-state index < -0.39 is 0 Å². The highest BCUT2D eigenvalue weighted by molar-refractivity contribution is 4.83. The predicted molar refractivity (Wildman–Crippen MR) is 61.8 cm³/mol. The number of rotatable bonds is 9. The van der Waals surface area contributed by atoms with E-state index in [0.29, 0.717) is 6.04 Å². The van der Waals surface area contributed by atoms with Crippen molar-refractivity contribution in [2.45, 2.75) is 52.4 Å². The Balaban J connectivity index is 2.03. The van der Waals surface area contributed by atoms with E-state index in [1.807, 2.05) is 13.8 Å². The average molecular weight is 215 g/mol. The molecule has 1 unspecified atom stereocenters. The van der Waals surface area contributed by atoms with Crippen molar-refractivity contribution in [1.82, 2.24) is 5.32 Å².